The molecule has 2 aliphatic rings. The molecule has 2 saturated heterocycles. The topological polar surface area (TPSA) is 121 Å². The zero-order valence-electron chi connectivity index (χ0n) is 24.1. The molecule has 0 saturated carbocycles. The molecule has 0 radical (unpaired) electrons. The first-order valence-electron chi connectivity index (χ1n) is 14.1. The van der Waals surface area contributed by atoms with Crippen LogP contribution in [0.4, 0.5) is 14.6 Å². The standard InChI is InChI=1S/C32H32F2N4O5/c1-5-21-23(34)8-7-18-11-20(39)12-22(24(18)21)27-17(2)26-25(29(40)43-27)28(35-15-31(3,4)41)37-30(36-26)42-16-32-9-6-10-38(32)14-19(33)13-32/h1,7-8,11-12,19,39,41H,6,9-10,13-16H2,2-4H3,(H,35,36,37)/t19-,32+/m1/s1. The second-order valence-electron chi connectivity index (χ2n) is 12.1. The zero-order valence-corrected chi connectivity index (χ0v) is 24.1. The zero-order chi connectivity index (χ0) is 30.7. The Morgan fingerprint density at radius 1 is 1.30 bits per heavy atom. The SMILES string of the molecule is C#Cc1c(F)ccc2cc(O)cc(-c3oc(=O)c4c(NCC(C)(C)O)nc(OC[C@@]56CCCN5C[C@H](F)C6)nc4c3C)c12. The number of hydrogen-bond donors (Lipinski definition) is 3. The maximum atomic E-state index is 14.8. The van der Waals surface area contributed by atoms with E-state index in [1.54, 1.807) is 20.8 Å². The van der Waals surface area contributed by atoms with Crippen molar-refractivity contribution in [1.29, 1.82) is 0 Å². The molecule has 2 aromatic carbocycles. The summed E-state index contributed by atoms with van der Waals surface area (Å²) in [5.41, 5.74) is -1.65. The number of anilines is 1. The minimum absolute atomic E-state index is 0.0241. The van der Waals surface area contributed by atoms with Crippen LogP contribution in [-0.4, -0.2) is 68.6 Å². The molecule has 0 amide bonds. The van der Waals surface area contributed by atoms with Gasteiger partial charge in [-0.15, -0.1) is 6.42 Å². The number of halogens is 2. The molecule has 9 nitrogen and oxygen atoms in total. The number of nitrogens with one attached hydrogen (secondary N) is 1. The van der Waals surface area contributed by atoms with Crippen LogP contribution >= 0.6 is 0 Å². The first-order chi connectivity index (χ1) is 20.4. The molecule has 0 bridgehead atoms. The first-order valence-corrected chi connectivity index (χ1v) is 14.1. The van der Waals surface area contributed by atoms with Crippen molar-refractivity contribution < 1.29 is 28.1 Å². The molecule has 11 heteroatoms. The lowest BCUT2D eigenvalue weighted by Gasteiger charge is -2.30. The number of aromatic nitrogens is 2. The van der Waals surface area contributed by atoms with Crippen LogP contribution in [0.1, 0.15) is 44.2 Å². The quantitative estimate of drug-likeness (QED) is 0.264. The van der Waals surface area contributed by atoms with Gasteiger partial charge in [-0.2, -0.15) is 9.97 Å². The summed E-state index contributed by atoms with van der Waals surface area (Å²) in [7, 11) is 0. The molecule has 0 aliphatic carbocycles. The summed E-state index contributed by atoms with van der Waals surface area (Å²) < 4.78 is 41.1. The average molecular weight is 591 g/mol. The fourth-order valence-electron chi connectivity index (χ4n) is 6.37. The number of phenols is 1. The van der Waals surface area contributed by atoms with Gasteiger partial charge < -0.3 is 24.7 Å². The largest absolute Gasteiger partial charge is 0.508 e. The molecule has 2 atom stereocenters. The Kier molecular flexibility index (Phi) is 7.02. The molecule has 6 rings (SSSR count). The summed E-state index contributed by atoms with van der Waals surface area (Å²) in [5, 5.41) is 24.6. The molecule has 2 aromatic heterocycles. The van der Waals surface area contributed by atoms with Crippen LogP contribution < -0.4 is 15.7 Å². The summed E-state index contributed by atoms with van der Waals surface area (Å²) in [5.74, 6) is 1.72. The van der Waals surface area contributed by atoms with Crippen LogP contribution in [0.15, 0.2) is 33.5 Å². The smallest absolute Gasteiger partial charge is 0.349 e. The minimum atomic E-state index is -1.15. The number of rotatable bonds is 7. The van der Waals surface area contributed by atoms with Gasteiger partial charge in [0.25, 0.3) is 0 Å². The van der Waals surface area contributed by atoms with E-state index in [1.165, 1.54) is 24.3 Å². The Morgan fingerprint density at radius 3 is 2.84 bits per heavy atom. The Hall–Kier alpha value is -4.27. The number of phenolic OH excluding ortho intramolecular Hbond substituents is 1. The molecule has 0 spiro atoms. The van der Waals surface area contributed by atoms with Gasteiger partial charge in [0.1, 0.15) is 41.3 Å². The minimum Gasteiger partial charge on any atom is -0.508 e. The molecule has 0 unspecified atom stereocenters. The predicted octanol–water partition coefficient (Wildman–Crippen LogP) is 4.68. The second kappa shape index (κ2) is 10.5. The monoisotopic (exact) mass is 590 g/mol. The van der Waals surface area contributed by atoms with E-state index in [1.807, 2.05) is 0 Å². The highest BCUT2D eigenvalue weighted by Crippen LogP contribution is 2.41. The molecular weight excluding hydrogens is 558 g/mol. The number of fused-ring (bicyclic) bond motifs is 3. The van der Waals surface area contributed by atoms with Crippen molar-refractivity contribution in [3.05, 3.63) is 51.6 Å². The van der Waals surface area contributed by atoms with Gasteiger partial charge in [0, 0.05) is 36.0 Å². The van der Waals surface area contributed by atoms with Gasteiger partial charge in [0.2, 0.25) is 0 Å². The van der Waals surface area contributed by atoms with Gasteiger partial charge >= 0.3 is 11.6 Å². The number of aryl methyl sites for hydroxylation is 1. The van der Waals surface area contributed by atoms with Crippen LogP contribution in [0.5, 0.6) is 11.8 Å². The van der Waals surface area contributed by atoms with Crippen molar-refractivity contribution in [3.8, 4) is 35.4 Å². The van der Waals surface area contributed by atoms with Crippen molar-refractivity contribution in [3.63, 3.8) is 0 Å². The van der Waals surface area contributed by atoms with Crippen molar-refractivity contribution in [2.24, 2.45) is 0 Å². The summed E-state index contributed by atoms with van der Waals surface area (Å²) in [6, 6.07) is 5.45. The van der Waals surface area contributed by atoms with Crippen molar-refractivity contribution in [2.75, 3.05) is 31.6 Å². The number of ether oxygens (including phenoxy) is 1. The fourth-order valence-corrected chi connectivity index (χ4v) is 6.37. The molecule has 3 N–H and O–H groups in total. The van der Waals surface area contributed by atoms with Gasteiger partial charge in [0.05, 0.1) is 22.2 Å². The lowest BCUT2D eigenvalue weighted by atomic mass is 9.95. The van der Waals surface area contributed by atoms with Gasteiger partial charge in [-0.25, -0.2) is 13.6 Å². The highest BCUT2D eigenvalue weighted by Gasteiger charge is 2.49. The Morgan fingerprint density at radius 2 is 2.09 bits per heavy atom. The lowest BCUT2D eigenvalue weighted by molar-refractivity contribution is 0.0943. The molecule has 2 fully saturated rings. The summed E-state index contributed by atoms with van der Waals surface area (Å²) >= 11 is 0. The maximum Gasteiger partial charge on any atom is 0.349 e. The third-order valence-electron chi connectivity index (χ3n) is 8.34. The van der Waals surface area contributed by atoms with Crippen LogP contribution in [0.25, 0.3) is 33.0 Å². The van der Waals surface area contributed by atoms with Gasteiger partial charge in [-0.3, -0.25) is 4.90 Å². The fraction of sp³-hybridized carbons (Fsp3) is 0.406. The Labute approximate surface area is 246 Å². The third-order valence-corrected chi connectivity index (χ3v) is 8.34. The van der Waals surface area contributed by atoms with E-state index in [-0.39, 0.29) is 58.5 Å². The Bertz CT molecular complexity index is 1860. The van der Waals surface area contributed by atoms with Crippen LogP contribution in [0.2, 0.25) is 0 Å². The van der Waals surface area contributed by atoms with E-state index in [9.17, 15) is 23.8 Å². The predicted molar refractivity (Wildman–Crippen MR) is 159 cm³/mol. The molecule has 43 heavy (non-hydrogen) atoms. The van der Waals surface area contributed by atoms with Crippen LogP contribution in [0, 0.1) is 25.1 Å². The highest BCUT2D eigenvalue weighted by molar-refractivity contribution is 6.03. The highest BCUT2D eigenvalue weighted by atomic mass is 19.1. The van der Waals surface area contributed by atoms with Crippen LogP contribution in [0.3, 0.4) is 0 Å². The van der Waals surface area contributed by atoms with E-state index in [4.69, 9.17) is 15.6 Å². The molecule has 224 valence electrons. The lowest BCUT2D eigenvalue weighted by Crippen LogP contribution is -2.43. The van der Waals surface area contributed by atoms with Crippen molar-refractivity contribution >= 4 is 27.5 Å². The summed E-state index contributed by atoms with van der Waals surface area (Å²) in [6.45, 7) is 6.24. The number of terminal acetylenes is 1. The van der Waals surface area contributed by atoms with Crippen molar-refractivity contribution in [1.82, 2.24) is 14.9 Å². The van der Waals surface area contributed by atoms with E-state index in [0.717, 1.165) is 19.4 Å². The maximum absolute atomic E-state index is 14.8. The van der Waals surface area contributed by atoms with E-state index in [2.05, 4.69) is 26.1 Å². The van der Waals surface area contributed by atoms with E-state index in [0.29, 0.717) is 29.3 Å². The number of alkyl halides is 1. The first kappa shape index (κ1) is 28.8. The van der Waals surface area contributed by atoms with Crippen molar-refractivity contribution in [2.45, 2.75) is 57.3 Å². The normalized spacial score (nSPS) is 20.4. The summed E-state index contributed by atoms with van der Waals surface area (Å²) in [6.07, 6.45) is 6.81. The van der Waals surface area contributed by atoms with Crippen LogP contribution in [-0.2, 0) is 0 Å². The number of nitrogens with zero attached hydrogens (tertiary/aromatic N) is 3. The number of aromatic hydroxyl groups is 1. The molecule has 4 heterocycles. The Balaban J connectivity index is 1.53. The van der Waals surface area contributed by atoms with Gasteiger partial charge in [-0.05, 0) is 63.7 Å². The second-order valence-corrected chi connectivity index (χ2v) is 12.1. The number of hydrogen-bond acceptors (Lipinski definition) is 9. The summed E-state index contributed by atoms with van der Waals surface area (Å²) in [4.78, 5) is 24.7. The van der Waals surface area contributed by atoms with E-state index < -0.39 is 28.8 Å². The van der Waals surface area contributed by atoms with Gasteiger partial charge in [-0.1, -0.05) is 12.0 Å². The number of benzene rings is 2. The molecule has 2 aliphatic heterocycles. The van der Waals surface area contributed by atoms with E-state index >= 15 is 0 Å². The molecule has 4 aromatic rings. The molecular formula is C32H32F2N4O5. The third kappa shape index (κ3) is 5.15. The number of aliphatic hydroxyl groups is 1. The van der Waals surface area contributed by atoms with Gasteiger partial charge in [0.15, 0.2) is 0 Å². The average Bonchev–Trinajstić information content (AvgIpc) is 3.47.